The van der Waals surface area contributed by atoms with E-state index in [4.69, 9.17) is 19.4 Å². The van der Waals surface area contributed by atoms with Crippen LogP contribution >= 0.6 is 0 Å². The molecular formula is C52H32N4O. The minimum Gasteiger partial charge on any atom is -0.456 e. The Morgan fingerprint density at radius 1 is 0.351 bits per heavy atom. The van der Waals surface area contributed by atoms with Crippen LogP contribution in [0.25, 0.3) is 101 Å². The summed E-state index contributed by atoms with van der Waals surface area (Å²) in [6.45, 7) is 0. The van der Waals surface area contributed by atoms with Gasteiger partial charge in [-0.1, -0.05) is 152 Å². The second kappa shape index (κ2) is 14.4. The molecule has 10 rings (SSSR count). The van der Waals surface area contributed by atoms with Crippen molar-refractivity contribution in [2.45, 2.75) is 0 Å². The Kier molecular flexibility index (Phi) is 8.48. The van der Waals surface area contributed by atoms with Crippen molar-refractivity contribution in [3.63, 3.8) is 0 Å². The average molecular weight is 729 g/mol. The minimum atomic E-state index is 0.544. The van der Waals surface area contributed by atoms with Crippen molar-refractivity contribution in [3.05, 3.63) is 200 Å². The summed E-state index contributed by atoms with van der Waals surface area (Å²) < 4.78 is 6.55. The highest BCUT2D eigenvalue weighted by Crippen LogP contribution is 2.39. The Hall–Kier alpha value is -7.94. The maximum absolute atomic E-state index is 9.33. The molecule has 0 aliphatic rings. The lowest BCUT2D eigenvalue weighted by molar-refractivity contribution is 0.669. The molecule has 2 aromatic heterocycles. The van der Waals surface area contributed by atoms with Gasteiger partial charge < -0.3 is 4.42 Å². The monoisotopic (exact) mass is 728 g/mol. The molecule has 0 spiro atoms. The molecule has 0 aliphatic carbocycles. The van der Waals surface area contributed by atoms with Gasteiger partial charge in [-0.2, -0.15) is 5.26 Å². The number of rotatable bonds is 7. The van der Waals surface area contributed by atoms with Crippen LogP contribution in [0.15, 0.2) is 199 Å². The lowest BCUT2D eigenvalue weighted by atomic mass is 9.96. The molecule has 2 heterocycles. The van der Waals surface area contributed by atoms with E-state index in [0.717, 1.165) is 72.0 Å². The summed E-state index contributed by atoms with van der Waals surface area (Å²) in [4.78, 5) is 15.3. The molecule has 0 aliphatic heterocycles. The summed E-state index contributed by atoms with van der Waals surface area (Å²) in [5.74, 6) is 1.67. The van der Waals surface area contributed by atoms with E-state index in [2.05, 4.69) is 109 Å². The van der Waals surface area contributed by atoms with Crippen molar-refractivity contribution < 1.29 is 4.42 Å². The minimum absolute atomic E-state index is 0.544. The van der Waals surface area contributed by atoms with Crippen molar-refractivity contribution >= 4 is 21.9 Å². The van der Waals surface area contributed by atoms with Gasteiger partial charge in [0.1, 0.15) is 11.2 Å². The Labute approximate surface area is 329 Å². The molecule has 57 heavy (non-hydrogen) atoms. The highest BCUT2D eigenvalue weighted by molar-refractivity contribution is 6.13. The number of furan rings is 1. The van der Waals surface area contributed by atoms with E-state index >= 15 is 0 Å². The van der Waals surface area contributed by atoms with Gasteiger partial charge in [-0.05, 0) is 87.0 Å². The van der Waals surface area contributed by atoms with Gasteiger partial charge in [-0.3, -0.25) is 0 Å². The first-order valence-corrected chi connectivity index (χ1v) is 18.8. The number of hydrogen-bond donors (Lipinski definition) is 0. The van der Waals surface area contributed by atoms with Crippen molar-refractivity contribution in [3.8, 4) is 84.7 Å². The van der Waals surface area contributed by atoms with Crippen LogP contribution in [0.1, 0.15) is 5.56 Å². The van der Waals surface area contributed by atoms with Crippen LogP contribution < -0.4 is 0 Å². The van der Waals surface area contributed by atoms with Crippen molar-refractivity contribution in [1.82, 2.24) is 15.0 Å². The van der Waals surface area contributed by atoms with E-state index in [-0.39, 0.29) is 0 Å². The molecule has 0 radical (unpaired) electrons. The topological polar surface area (TPSA) is 75.6 Å². The van der Waals surface area contributed by atoms with E-state index in [0.29, 0.717) is 23.0 Å². The van der Waals surface area contributed by atoms with Gasteiger partial charge in [0, 0.05) is 27.5 Å². The fourth-order valence-electron chi connectivity index (χ4n) is 7.49. The normalized spacial score (nSPS) is 11.1. The SMILES string of the molecule is N#Cc1ccc(-c2cccc(-c3nc(-c4cccc(-c5ccccc5)c4)nc(-c4ccc5c(c4)oc4cccc(-c6ccc(-c7ccccc7)cc6)c45)n3)c2)cc1. The fraction of sp³-hybridized carbons (Fsp3) is 0. The molecule has 0 saturated heterocycles. The number of fused-ring (bicyclic) bond motifs is 3. The molecule has 8 aromatic carbocycles. The number of hydrogen-bond acceptors (Lipinski definition) is 5. The zero-order valence-corrected chi connectivity index (χ0v) is 30.7. The van der Waals surface area contributed by atoms with E-state index in [1.165, 1.54) is 11.1 Å². The third-order valence-corrected chi connectivity index (χ3v) is 10.4. The second-order valence-corrected chi connectivity index (χ2v) is 14.0. The lowest BCUT2D eigenvalue weighted by Gasteiger charge is -2.11. The van der Waals surface area contributed by atoms with Gasteiger partial charge >= 0.3 is 0 Å². The predicted octanol–water partition coefficient (Wildman–Crippen LogP) is 13.3. The Morgan fingerprint density at radius 3 is 1.39 bits per heavy atom. The van der Waals surface area contributed by atoms with Crippen LogP contribution in [-0.2, 0) is 0 Å². The smallest absolute Gasteiger partial charge is 0.164 e. The van der Waals surface area contributed by atoms with E-state index in [1.54, 1.807) is 0 Å². The Balaban J connectivity index is 1.08. The first-order valence-electron chi connectivity index (χ1n) is 18.8. The van der Waals surface area contributed by atoms with Gasteiger partial charge in [0.2, 0.25) is 0 Å². The first-order chi connectivity index (χ1) is 28.2. The number of benzene rings is 8. The van der Waals surface area contributed by atoms with Crippen LogP contribution in [0.3, 0.4) is 0 Å². The van der Waals surface area contributed by atoms with E-state index in [9.17, 15) is 5.26 Å². The van der Waals surface area contributed by atoms with Crippen LogP contribution in [0.4, 0.5) is 0 Å². The number of nitrogens with zero attached hydrogens (tertiary/aromatic N) is 4. The van der Waals surface area contributed by atoms with Crippen molar-refractivity contribution in [2.75, 3.05) is 0 Å². The molecule has 0 unspecified atom stereocenters. The average Bonchev–Trinajstić information content (AvgIpc) is 3.68. The summed E-state index contributed by atoms with van der Waals surface area (Å²) in [5.41, 5.74) is 13.6. The molecular weight excluding hydrogens is 697 g/mol. The first kappa shape index (κ1) is 33.6. The molecule has 0 fully saturated rings. The predicted molar refractivity (Wildman–Crippen MR) is 230 cm³/mol. The molecule has 10 aromatic rings. The highest BCUT2D eigenvalue weighted by Gasteiger charge is 2.17. The lowest BCUT2D eigenvalue weighted by Crippen LogP contribution is -2.00. The molecule has 0 atom stereocenters. The standard InChI is InChI=1S/C52H32N4O/c53-33-34-20-22-38(23-21-34)41-15-8-17-43(31-41)51-54-50(42-16-7-14-40(30-42)36-12-5-2-6-13-36)55-52(56-51)44-28-29-46-48(32-44)57-47-19-9-18-45(49(46)47)39-26-24-37(25-27-39)35-10-3-1-4-11-35/h1-32H. The zero-order chi connectivity index (χ0) is 38.1. The van der Waals surface area contributed by atoms with Gasteiger partial charge in [0.05, 0.1) is 11.6 Å². The third kappa shape index (κ3) is 6.52. The second-order valence-electron chi connectivity index (χ2n) is 14.0. The molecule has 0 N–H and O–H groups in total. The summed E-state index contributed by atoms with van der Waals surface area (Å²) in [7, 11) is 0. The summed E-state index contributed by atoms with van der Waals surface area (Å²) in [6, 6.07) is 68.2. The van der Waals surface area contributed by atoms with Crippen LogP contribution in [0.5, 0.6) is 0 Å². The molecule has 0 amide bonds. The van der Waals surface area contributed by atoms with Gasteiger partial charge in [-0.15, -0.1) is 0 Å². The molecule has 0 bridgehead atoms. The Morgan fingerprint density at radius 2 is 0.789 bits per heavy atom. The summed E-state index contributed by atoms with van der Waals surface area (Å²) in [5, 5.41) is 11.4. The number of aromatic nitrogens is 3. The molecule has 5 heteroatoms. The van der Waals surface area contributed by atoms with Crippen LogP contribution in [0.2, 0.25) is 0 Å². The maximum Gasteiger partial charge on any atom is 0.164 e. The van der Waals surface area contributed by atoms with E-state index < -0.39 is 0 Å². The van der Waals surface area contributed by atoms with Crippen molar-refractivity contribution in [1.29, 1.82) is 5.26 Å². The fourth-order valence-corrected chi connectivity index (χ4v) is 7.49. The number of nitriles is 1. The molecule has 0 saturated carbocycles. The van der Waals surface area contributed by atoms with Crippen molar-refractivity contribution in [2.24, 2.45) is 0 Å². The highest BCUT2D eigenvalue weighted by atomic mass is 16.3. The largest absolute Gasteiger partial charge is 0.456 e. The zero-order valence-electron chi connectivity index (χ0n) is 30.7. The Bertz CT molecular complexity index is 3110. The van der Waals surface area contributed by atoms with Gasteiger partial charge in [0.25, 0.3) is 0 Å². The van der Waals surface area contributed by atoms with Gasteiger partial charge in [-0.25, -0.2) is 15.0 Å². The maximum atomic E-state index is 9.33. The summed E-state index contributed by atoms with van der Waals surface area (Å²) in [6.07, 6.45) is 0. The van der Waals surface area contributed by atoms with E-state index in [1.807, 2.05) is 91.0 Å². The molecule has 5 nitrogen and oxygen atoms in total. The quantitative estimate of drug-likeness (QED) is 0.163. The van der Waals surface area contributed by atoms with Crippen LogP contribution in [-0.4, -0.2) is 15.0 Å². The molecule has 266 valence electrons. The third-order valence-electron chi connectivity index (χ3n) is 10.4. The van der Waals surface area contributed by atoms with Gasteiger partial charge in [0.15, 0.2) is 17.5 Å². The van der Waals surface area contributed by atoms with Crippen LogP contribution in [0, 0.1) is 11.3 Å². The summed E-state index contributed by atoms with van der Waals surface area (Å²) >= 11 is 0.